The molecule has 6 heteroatoms. The minimum Gasteiger partial charge on any atom is -0.320 e. The van der Waals surface area contributed by atoms with Crippen molar-refractivity contribution in [1.29, 1.82) is 0 Å². The first kappa shape index (κ1) is 13.6. The van der Waals surface area contributed by atoms with E-state index in [0.717, 1.165) is 11.3 Å². The predicted octanol–water partition coefficient (Wildman–Crippen LogP) is 0.648. The first-order valence-electron chi connectivity index (χ1n) is 5.80. The molecule has 1 heterocycles. The molecular weight excluding hydrogens is 264 g/mol. The summed E-state index contributed by atoms with van der Waals surface area (Å²) in [5, 5.41) is 2.17. The first-order valence-corrected chi connectivity index (χ1v) is 7.19. The van der Waals surface area contributed by atoms with Gasteiger partial charge in [-0.15, -0.1) is 0 Å². The van der Waals surface area contributed by atoms with E-state index in [1.807, 2.05) is 18.4 Å². The highest BCUT2D eigenvalue weighted by atomic mass is 32.2. The molecule has 0 saturated carbocycles. The fourth-order valence-electron chi connectivity index (χ4n) is 1.87. The van der Waals surface area contributed by atoms with Gasteiger partial charge in [-0.05, 0) is 24.0 Å². The molecule has 0 spiro atoms. The lowest BCUT2D eigenvalue weighted by molar-refractivity contribution is -0.135. The van der Waals surface area contributed by atoms with Crippen molar-refractivity contribution in [2.24, 2.45) is 0 Å². The Morgan fingerprint density at radius 3 is 2.32 bits per heavy atom. The Bertz CT molecular complexity index is 497. The Morgan fingerprint density at radius 2 is 1.79 bits per heavy atom. The molecule has 5 nitrogen and oxygen atoms in total. The average molecular weight is 278 g/mol. The van der Waals surface area contributed by atoms with Crippen LogP contribution < -0.4 is 5.32 Å². The van der Waals surface area contributed by atoms with E-state index in [1.165, 1.54) is 4.90 Å². The molecule has 1 saturated heterocycles. The van der Waals surface area contributed by atoms with Crippen molar-refractivity contribution in [2.75, 3.05) is 19.3 Å². The van der Waals surface area contributed by atoms with Gasteiger partial charge in [0.15, 0.2) is 0 Å². The minimum atomic E-state index is -0.441. The summed E-state index contributed by atoms with van der Waals surface area (Å²) in [6.45, 7) is -0.145. The topological polar surface area (TPSA) is 66.5 Å². The Morgan fingerprint density at radius 1 is 1.21 bits per heavy atom. The highest BCUT2D eigenvalue weighted by Gasteiger charge is 2.26. The van der Waals surface area contributed by atoms with Gasteiger partial charge in [0.2, 0.25) is 11.8 Å². The third-order valence-electron chi connectivity index (χ3n) is 2.75. The van der Waals surface area contributed by atoms with Crippen LogP contribution in [0.5, 0.6) is 0 Å². The molecule has 0 radical (unpaired) electrons. The van der Waals surface area contributed by atoms with Crippen LogP contribution in [0.1, 0.15) is 15.9 Å². The van der Waals surface area contributed by atoms with Gasteiger partial charge in [0.25, 0.3) is 5.91 Å². The largest absolute Gasteiger partial charge is 0.320 e. The minimum absolute atomic E-state index is 0.0723. The van der Waals surface area contributed by atoms with Crippen molar-refractivity contribution in [3.05, 3.63) is 35.4 Å². The van der Waals surface area contributed by atoms with Gasteiger partial charge in [0.05, 0.1) is 0 Å². The zero-order valence-electron chi connectivity index (χ0n) is 10.5. The molecular formula is C13H14N2O3S. The summed E-state index contributed by atoms with van der Waals surface area (Å²) in [6, 6.07) is 7.22. The van der Waals surface area contributed by atoms with Crippen molar-refractivity contribution in [3.8, 4) is 0 Å². The standard InChI is InChI=1S/C13H14N2O3S/c1-19-8-9-2-4-10(5-3-9)13(18)15-6-11(16)14-12(17)7-15/h2-5H,6-8H2,1H3,(H,14,16,17). The van der Waals surface area contributed by atoms with Crippen molar-refractivity contribution >= 4 is 29.5 Å². The lowest BCUT2D eigenvalue weighted by Crippen LogP contribution is -2.53. The van der Waals surface area contributed by atoms with Gasteiger partial charge in [-0.1, -0.05) is 12.1 Å². The van der Waals surface area contributed by atoms with Crippen LogP contribution >= 0.6 is 11.8 Å². The second-order valence-corrected chi connectivity index (χ2v) is 5.13. The number of nitrogens with one attached hydrogen (secondary N) is 1. The summed E-state index contributed by atoms with van der Waals surface area (Å²) in [5.41, 5.74) is 1.63. The molecule has 0 unspecified atom stereocenters. The van der Waals surface area contributed by atoms with Gasteiger partial charge in [0.1, 0.15) is 13.1 Å². The number of carbonyl (C=O) groups excluding carboxylic acids is 3. The Kier molecular flexibility index (Phi) is 4.21. The maximum atomic E-state index is 12.1. The summed E-state index contributed by atoms with van der Waals surface area (Å²) >= 11 is 1.70. The number of hydrogen-bond donors (Lipinski definition) is 1. The molecule has 3 amide bonds. The summed E-state index contributed by atoms with van der Waals surface area (Å²) in [4.78, 5) is 35.9. The van der Waals surface area contributed by atoms with Crippen LogP contribution in [0.25, 0.3) is 0 Å². The van der Waals surface area contributed by atoms with E-state index in [0.29, 0.717) is 5.56 Å². The molecule has 2 rings (SSSR count). The van der Waals surface area contributed by atoms with Crippen LogP contribution in [0.4, 0.5) is 0 Å². The SMILES string of the molecule is CSCc1ccc(C(=O)N2CC(=O)NC(=O)C2)cc1. The molecule has 1 aliphatic rings. The number of piperazine rings is 1. The monoisotopic (exact) mass is 278 g/mol. The number of nitrogens with zero attached hydrogens (tertiary/aromatic N) is 1. The average Bonchev–Trinajstić information content (AvgIpc) is 2.38. The van der Waals surface area contributed by atoms with E-state index in [4.69, 9.17) is 0 Å². The maximum Gasteiger partial charge on any atom is 0.254 e. The van der Waals surface area contributed by atoms with E-state index in [1.54, 1.807) is 23.9 Å². The third-order valence-corrected chi connectivity index (χ3v) is 3.37. The van der Waals surface area contributed by atoms with E-state index < -0.39 is 11.8 Å². The fraction of sp³-hybridized carbons (Fsp3) is 0.308. The first-order chi connectivity index (χ1) is 9.10. The lowest BCUT2D eigenvalue weighted by atomic mass is 10.1. The number of rotatable bonds is 3. The van der Waals surface area contributed by atoms with Crippen LogP contribution in [0, 0.1) is 0 Å². The summed E-state index contributed by atoms with van der Waals surface area (Å²) < 4.78 is 0. The van der Waals surface area contributed by atoms with Crippen LogP contribution in [0.15, 0.2) is 24.3 Å². The summed E-state index contributed by atoms with van der Waals surface area (Å²) in [5.74, 6) is -0.287. The highest BCUT2D eigenvalue weighted by Crippen LogP contribution is 2.12. The van der Waals surface area contributed by atoms with Crippen molar-refractivity contribution in [1.82, 2.24) is 10.2 Å². The van der Waals surface area contributed by atoms with Crippen LogP contribution in [-0.2, 0) is 15.3 Å². The molecule has 1 fully saturated rings. The van der Waals surface area contributed by atoms with Gasteiger partial charge in [-0.25, -0.2) is 0 Å². The van der Waals surface area contributed by atoms with E-state index in [2.05, 4.69) is 5.32 Å². The van der Waals surface area contributed by atoms with E-state index >= 15 is 0 Å². The molecule has 1 aliphatic heterocycles. The molecule has 1 N–H and O–H groups in total. The molecule has 100 valence electrons. The molecule has 1 aromatic carbocycles. The van der Waals surface area contributed by atoms with Gasteiger partial charge in [-0.2, -0.15) is 11.8 Å². The molecule has 0 aromatic heterocycles. The number of thioether (sulfide) groups is 1. The number of benzene rings is 1. The van der Waals surface area contributed by atoms with Crippen molar-refractivity contribution < 1.29 is 14.4 Å². The Balaban J connectivity index is 2.10. The van der Waals surface area contributed by atoms with Crippen molar-refractivity contribution in [3.63, 3.8) is 0 Å². The molecule has 0 aliphatic carbocycles. The molecule has 0 atom stereocenters. The van der Waals surface area contributed by atoms with Crippen molar-refractivity contribution in [2.45, 2.75) is 5.75 Å². The maximum absolute atomic E-state index is 12.1. The van der Waals surface area contributed by atoms with E-state index in [-0.39, 0.29) is 19.0 Å². The lowest BCUT2D eigenvalue weighted by Gasteiger charge is -2.25. The number of imide groups is 1. The Hall–Kier alpha value is -1.82. The number of carbonyl (C=O) groups is 3. The summed E-state index contributed by atoms with van der Waals surface area (Å²) in [7, 11) is 0. The molecule has 19 heavy (non-hydrogen) atoms. The quantitative estimate of drug-likeness (QED) is 0.824. The Labute approximate surface area is 115 Å². The normalized spacial score (nSPS) is 15.3. The smallest absolute Gasteiger partial charge is 0.254 e. The number of hydrogen-bond acceptors (Lipinski definition) is 4. The fourth-order valence-corrected chi connectivity index (χ4v) is 2.40. The second kappa shape index (κ2) is 5.88. The van der Waals surface area contributed by atoms with Crippen LogP contribution in [-0.4, -0.2) is 42.0 Å². The summed E-state index contributed by atoms with van der Waals surface area (Å²) in [6.07, 6.45) is 2.01. The zero-order valence-corrected chi connectivity index (χ0v) is 11.3. The van der Waals surface area contributed by atoms with Gasteiger partial charge < -0.3 is 4.90 Å². The molecule has 1 aromatic rings. The molecule has 0 bridgehead atoms. The van der Waals surface area contributed by atoms with E-state index in [9.17, 15) is 14.4 Å². The third kappa shape index (κ3) is 3.35. The van der Waals surface area contributed by atoms with Gasteiger partial charge in [-0.3, -0.25) is 19.7 Å². The van der Waals surface area contributed by atoms with Gasteiger partial charge >= 0.3 is 0 Å². The predicted molar refractivity (Wildman–Crippen MR) is 72.7 cm³/mol. The van der Waals surface area contributed by atoms with Gasteiger partial charge in [0, 0.05) is 11.3 Å². The van der Waals surface area contributed by atoms with Crippen LogP contribution in [0.3, 0.4) is 0 Å². The second-order valence-electron chi connectivity index (χ2n) is 4.26. The van der Waals surface area contributed by atoms with Crippen LogP contribution in [0.2, 0.25) is 0 Å². The zero-order chi connectivity index (χ0) is 13.8. The highest BCUT2D eigenvalue weighted by molar-refractivity contribution is 7.97. The number of amides is 3.